The highest BCUT2D eigenvalue weighted by Gasteiger charge is 2.33. The number of anilines is 1. The molecule has 0 atom stereocenters. The van der Waals surface area contributed by atoms with Crippen LogP contribution in [-0.2, 0) is 16.2 Å². The Labute approximate surface area is 200 Å². The zero-order chi connectivity index (χ0) is 24.3. The van der Waals surface area contributed by atoms with Gasteiger partial charge in [0.2, 0.25) is 10.0 Å². The van der Waals surface area contributed by atoms with Gasteiger partial charge >= 0.3 is 6.18 Å². The molecule has 0 saturated carbocycles. The summed E-state index contributed by atoms with van der Waals surface area (Å²) in [6, 6.07) is 7.05. The van der Waals surface area contributed by atoms with E-state index < -0.39 is 38.3 Å². The molecule has 0 heterocycles. The van der Waals surface area contributed by atoms with E-state index in [1.165, 1.54) is 13.1 Å². The van der Waals surface area contributed by atoms with Crippen molar-refractivity contribution in [2.24, 2.45) is 0 Å². The number of rotatable bonds is 8. The van der Waals surface area contributed by atoms with Gasteiger partial charge in [-0.2, -0.15) is 13.2 Å². The fourth-order valence-corrected chi connectivity index (χ4v) is 4.70. The highest BCUT2D eigenvalue weighted by atomic mass is 127. The first-order valence-electron chi connectivity index (χ1n) is 9.63. The maximum atomic E-state index is 13.3. The van der Waals surface area contributed by atoms with Crippen molar-refractivity contribution in [2.45, 2.75) is 24.4 Å². The molecular weight excluding hydrogens is 558 g/mol. The van der Waals surface area contributed by atoms with Crippen molar-refractivity contribution in [3.63, 3.8) is 0 Å². The number of carbonyl (C=O) groups is 1. The topological polar surface area (TPSA) is 69.7 Å². The molecule has 0 radical (unpaired) electrons. The van der Waals surface area contributed by atoms with Gasteiger partial charge < -0.3 is 10.2 Å². The van der Waals surface area contributed by atoms with Crippen molar-refractivity contribution in [1.29, 1.82) is 0 Å². The number of nitrogens with zero attached hydrogens (tertiary/aromatic N) is 2. The summed E-state index contributed by atoms with van der Waals surface area (Å²) in [5.74, 6) is -0.700. The van der Waals surface area contributed by atoms with Crippen LogP contribution < -0.4 is 5.32 Å². The smallest absolute Gasteiger partial charge is 0.321 e. The molecule has 0 spiro atoms. The van der Waals surface area contributed by atoms with Gasteiger partial charge in [0.15, 0.2) is 0 Å². The SMILES string of the molecule is Cc1ccc(C(=O)Nc2cc(C(F)(F)F)ccc2S(=O)(=O)N(C)CCCN(C)C)cc1I. The van der Waals surface area contributed by atoms with Crippen molar-refractivity contribution in [2.75, 3.05) is 39.5 Å². The molecule has 6 nitrogen and oxygen atoms in total. The van der Waals surface area contributed by atoms with Gasteiger partial charge in [-0.3, -0.25) is 4.79 Å². The Kier molecular flexibility index (Phi) is 8.70. The molecule has 2 aromatic rings. The third kappa shape index (κ3) is 6.65. The number of benzene rings is 2. The number of hydrogen-bond donors (Lipinski definition) is 1. The van der Waals surface area contributed by atoms with Gasteiger partial charge in [-0.15, -0.1) is 0 Å². The van der Waals surface area contributed by atoms with Gasteiger partial charge in [-0.1, -0.05) is 6.07 Å². The lowest BCUT2D eigenvalue weighted by Gasteiger charge is -2.21. The number of alkyl halides is 3. The van der Waals surface area contributed by atoms with E-state index in [-0.39, 0.29) is 12.1 Å². The molecule has 0 aliphatic carbocycles. The predicted octanol–water partition coefficient (Wildman–Crippen LogP) is 4.44. The first kappa shape index (κ1) is 26.6. The minimum absolute atomic E-state index is 0.172. The second-order valence-electron chi connectivity index (χ2n) is 7.61. The Balaban J connectivity index is 2.44. The Morgan fingerprint density at radius 2 is 1.72 bits per heavy atom. The summed E-state index contributed by atoms with van der Waals surface area (Å²) in [5.41, 5.74) is -0.329. The first-order valence-corrected chi connectivity index (χ1v) is 12.1. The number of amides is 1. The van der Waals surface area contributed by atoms with Crippen LogP contribution in [0.1, 0.15) is 27.9 Å². The van der Waals surface area contributed by atoms with Gasteiger partial charge in [-0.25, -0.2) is 12.7 Å². The Morgan fingerprint density at radius 3 is 2.28 bits per heavy atom. The molecule has 0 aromatic heterocycles. The highest BCUT2D eigenvalue weighted by Crippen LogP contribution is 2.34. The van der Waals surface area contributed by atoms with Crippen molar-refractivity contribution in [3.05, 3.63) is 56.7 Å². The van der Waals surface area contributed by atoms with Crippen LogP contribution in [0.25, 0.3) is 0 Å². The van der Waals surface area contributed by atoms with E-state index in [0.29, 0.717) is 25.1 Å². The number of sulfonamides is 1. The normalized spacial score (nSPS) is 12.4. The molecule has 0 saturated heterocycles. The standard InChI is InChI=1S/C21H25F3IN3O3S/c1-14-6-7-15(12-17(14)25)20(29)26-18-13-16(21(22,23)24)8-9-19(18)32(30,31)28(4)11-5-10-27(2)3/h6-9,12-13H,5,10-11H2,1-4H3,(H,26,29). The lowest BCUT2D eigenvalue weighted by molar-refractivity contribution is -0.137. The summed E-state index contributed by atoms with van der Waals surface area (Å²) in [5, 5.41) is 2.36. The second kappa shape index (κ2) is 10.5. The summed E-state index contributed by atoms with van der Waals surface area (Å²) in [4.78, 5) is 14.2. The summed E-state index contributed by atoms with van der Waals surface area (Å²) < 4.78 is 67.9. The van der Waals surface area contributed by atoms with Gasteiger partial charge in [-0.05, 0) is 92.5 Å². The molecule has 0 unspecified atom stereocenters. The first-order chi connectivity index (χ1) is 14.7. The molecule has 2 aromatic carbocycles. The van der Waals surface area contributed by atoms with Crippen LogP contribution in [0.5, 0.6) is 0 Å². The Morgan fingerprint density at radius 1 is 1.06 bits per heavy atom. The lowest BCUT2D eigenvalue weighted by Crippen LogP contribution is -2.31. The molecule has 176 valence electrons. The molecule has 2 rings (SSSR count). The van der Waals surface area contributed by atoms with Gasteiger partial charge in [0.1, 0.15) is 4.90 Å². The van der Waals surface area contributed by atoms with Crippen LogP contribution in [0, 0.1) is 10.5 Å². The van der Waals surface area contributed by atoms with Crippen LogP contribution in [0.4, 0.5) is 18.9 Å². The van der Waals surface area contributed by atoms with Gasteiger partial charge in [0.25, 0.3) is 5.91 Å². The van der Waals surface area contributed by atoms with Crippen LogP contribution in [-0.4, -0.2) is 57.8 Å². The lowest BCUT2D eigenvalue weighted by atomic mass is 10.1. The fraction of sp³-hybridized carbons (Fsp3) is 0.381. The van der Waals surface area contributed by atoms with Crippen LogP contribution in [0.2, 0.25) is 0 Å². The van der Waals surface area contributed by atoms with Crippen LogP contribution in [0.3, 0.4) is 0 Å². The zero-order valence-electron chi connectivity index (χ0n) is 18.1. The fourth-order valence-electron chi connectivity index (χ4n) is 2.86. The van der Waals surface area contributed by atoms with Gasteiger partial charge in [0, 0.05) is 22.7 Å². The van der Waals surface area contributed by atoms with E-state index in [9.17, 15) is 26.4 Å². The summed E-state index contributed by atoms with van der Waals surface area (Å²) >= 11 is 2.04. The van der Waals surface area contributed by atoms with Crippen molar-refractivity contribution < 1.29 is 26.4 Å². The monoisotopic (exact) mass is 583 g/mol. The van der Waals surface area contributed by atoms with E-state index in [4.69, 9.17) is 0 Å². The molecule has 32 heavy (non-hydrogen) atoms. The molecule has 0 fully saturated rings. The molecule has 11 heteroatoms. The number of hydrogen-bond acceptors (Lipinski definition) is 4. The second-order valence-corrected chi connectivity index (χ2v) is 10.8. The number of carbonyl (C=O) groups excluding carboxylic acids is 1. The predicted molar refractivity (Wildman–Crippen MR) is 126 cm³/mol. The minimum atomic E-state index is -4.70. The molecule has 1 amide bonds. The molecule has 0 aliphatic rings. The zero-order valence-corrected chi connectivity index (χ0v) is 21.1. The quantitative estimate of drug-likeness (QED) is 0.467. The van der Waals surface area contributed by atoms with Crippen LogP contribution >= 0.6 is 22.6 Å². The largest absolute Gasteiger partial charge is 0.416 e. The summed E-state index contributed by atoms with van der Waals surface area (Å²) in [7, 11) is 0.919. The van der Waals surface area contributed by atoms with E-state index in [1.807, 2.05) is 48.5 Å². The summed E-state index contributed by atoms with van der Waals surface area (Å²) in [6.45, 7) is 2.67. The number of aryl methyl sites for hydroxylation is 1. The van der Waals surface area contributed by atoms with E-state index >= 15 is 0 Å². The Hall–Kier alpha value is -1.70. The maximum Gasteiger partial charge on any atom is 0.416 e. The van der Waals surface area contributed by atoms with E-state index in [0.717, 1.165) is 19.5 Å². The molecule has 1 N–H and O–H groups in total. The molecule has 0 bridgehead atoms. The maximum absolute atomic E-state index is 13.3. The van der Waals surface area contributed by atoms with E-state index in [1.54, 1.807) is 12.1 Å². The van der Waals surface area contributed by atoms with Crippen LogP contribution in [0.15, 0.2) is 41.3 Å². The number of nitrogens with one attached hydrogen (secondary N) is 1. The number of halogens is 4. The minimum Gasteiger partial charge on any atom is -0.321 e. The average Bonchev–Trinajstić information content (AvgIpc) is 2.68. The summed E-state index contributed by atoms with van der Waals surface area (Å²) in [6.07, 6.45) is -4.16. The molecule has 0 aliphatic heterocycles. The van der Waals surface area contributed by atoms with Crippen molar-refractivity contribution >= 4 is 44.2 Å². The molecular formula is C21H25F3IN3O3S. The highest BCUT2D eigenvalue weighted by molar-refractivity contribution is 14.1. The third-order valence-corrected chi connectivity index (χ3v) is 7.83. The van der Waals surface area contributed by atoms with Gasteiger partial charge in [0.05, 0.1) is 11.3 Å². The third-order valence-electron chi connectivity index (χ3n) is 4.76. The average molecular weight is 583 g/mol. The Bertz CT molecular complexity index is 1090. The van der Waals surface area contributed by atoms with Crippen molar-refractivity contribution in [3.8, 4) is 0 Å². The van der Waals surface area contributed by atoms with E-state index in [2.05, 4.69) is 5.32 Å². The van der Waals surface area contributed by atoms with Crippen molar-refractivity contribution in [1.82, 2.24) is 9.21 Å².